The molecule has 0 radical (unpaired) electrons. The minimum atomic E-state index is -0.246. The van der Waals surface area contributed by atoms with Gasteiger partial charge in [-0.05, 0) is 30.3 Å². The first kappa shape index (κ1) is 12.4. The fourth-order valence-corrected chi connectivity index (χ4v) is 2.64. The second-order valence-electron chi connectivity index (χ2n) is 4.24. The number of thiazole rings is 1. The van der Waals surface area contributed by atoms with E-state index in [4.69, 9.17) is 5.73 Å². The quantitative estimate of drug-likeness (QED) is 0.675. The Kier molecular flexibility index (Phi) is 3.00. The van der Waals surface area contributed by atoms with Crippen molar-refractivity contribution < 1.29 is 9.90 Å². The summed E-state index contributed by atoms with van der Waals surface area (Å²) < 4.78 is 0.867. The van der Waals surface area contributed by atoms with Crippen LogP contribution in [0.15, 0.2) is 42.5 Å². The molecule has 0 aliphatic rings. The number of nitrogen functional groups attached to an aromatic ring is 1. The number of nitrogens with one attached hydrogen (secondary N) is 1. The van der Waals surface area contributed by atoms with E-state index in [1.807, 2.05) is 0 Å². The van der Waals surface area contributed by atoms with E-state index in [-0.39, 0.29) is 11.7 Å². The number of phenols is 1. The topological polar surface area (TPSA) is 88.2 Å². The average Bonchev–Trinajstić information content (AvgIpc) is 2.77. The van der Waals surface area contributed by atoms with Crippen molar-refractivity contribution in [3.8, 4) is 5.75 Å². The smallest absolute Gasteiger partial charge is 0.255 e. The van der Waals surface area contributed by atoms with Gasteiger partial charge in [0.1, 0.15) is 5.75 Å². The minimum Gasteiger partial charge on any atom is -0.508 e. The molecule has 20 heavy (non-hydrogen) atoms. The van der Waals surface area contributed by atoms with Gasteiger partial charge in [0.15, 0.2) is 5.13 Å². The number of nitrogens with zero attached hydrogens (tertiary/aromatic N) is 1. The Morgan fingerprint density at radius 3 is 2.90 bits per heavy atom. The minimum absolute atomic E-state index is 0.105. The molecule has 6 heteroatoms. The number of nitrogens with two attached hydrogens (primary N) is 1. The second kappa shape index (κ2) is 4.82. The van der Waals surface area contributed by atoms with Gasteiger partial charge in [0.2, 0.25) is 0 Å². The first-order chi connectivity index (χ1) is 9.61. The fourth-order valence-electron chi connectivity index (χ4n) is 1.87. The van der Waals surface area contributed by atoms with Gasteiger partial charge in [0, 0.05) is 17.3 Å². The number of aromatic nitrogens is 1. The molecule has 3 rings (SSSR count). The molecule has 0 saturated carbocycles. The van der Waals surface area contributed by atoms with Crippen molar-refractivity contribution in [3.63, 3.8) is 0 Å². The third-order valence-electron chi connectivity index (χ3n) is 2.77. The zero-order chi connectivity index (χ0) is 14.1. The number of hydrogen-bond donors (Lipinski definition) is 3. The van der Waals surface area contributed by atoms with Crippen LogP contribution in [-0.2, 0) is 0 Å². The normalized spacial score (nSPS) is 10.6. The average molecular weight is 285 g/mol. The van der Waals surface area contributed by atoms with E-state index in [2.05, 4.69) is 10.3 Å². The molecule has 4 N–H and O–H groups in total. The molecule has 0 aliphatic carbocycles. The first-order valence-corrected chi connectivity index (χ1v) is 6.70. The summed E-state index contributed by atoms with van der Waals surface area (Å²) >= 11 is 1.34. The molecule has 0 spiro atoms. The van der Waals surface area contributed by atoms with Gasteiger partial charge in [-0.3, -0.25) is 4.79 Å². The zero-order valence-electron chi connectivity index (χ0n) is 10.3. The van der Waals surface area contributed by atoms with Crippen LogP contribution in [-0.4, -0.2) is 16.0 Å². The highest BCUT2D eigenvalue weighted by Gasteiger charge is 2.09. The first-order valence-electron chi connectivity index (χ1n) is 5.88. The number of benzene rings is 2. The second-order valence-corrected chi connectivity index (χ2v) is 5.30. The van der Waals surface area contributed by atoms with E-state index in [1.54, 1.807) is 36.4 Å². The third kappa shape index (κ3) is 2.41. The van der Waals surface area contributed by atoms with Crippen LogP contribution in [0.2, 0.25) is 0 Å². The number of aromatic hydroxyl groups is 1. The highest BCUT2D eigenvalue weighted by atomic mass is 32.1. The lowest BCUT2D eigenvalue weighted by Gasteiger charge is -2.05. The summed E-state index contributed by atoms with van der Waals surface area (Å²) in [4.78, 5) is 16.3. The van der Waals surface area contributed by atoms with Crippen LogP contribution in [0.4, 0.5) is 10.8 Å². The standard InChI is InChI=1S/C14H11N3O2S/c15-14-17-11-5-4-8(6-12(11)20-14)13(19)16-9-2-1-3-10(18)7-9/h1-7,18H,(H2,15,17)(H,16,19). The number of fused-ring (bicyclic) bond motifs is 1. The Hall–Kier alpha value is -2.60. The maximum atomic E-state index is 12.1. The van der Waals surface area contributed by atoms with Crippen LogP contribution in [0.5, 0.6) is 5.75 Å². The predicted octanol–water partition coefficient (Wildman–Crippen LogP) is 2.84. The third-order valence-corrected chi connectivity index (χ3v) is 3.62. The summed E-state index contributed by atoms with van der Waals surface area (Å²) in [6.07, 6.45) is 0. The molecule has 0 aliphatic heterocycles. The molecule has 0 bridgehead atoms. The number of phenolic OH excluding ortho intramolecular Hbond substituents is 1. The van der Waals surface area contributed by atoms with Gasteiger partial charge in [-0.15, -0.1) is 0 Å². The lowest BCUT2D eigenvalue weighted by molar-refractivity contribution is 0.102. The summed E-state index contributed by atoms with van der Waals surface area (Å²) in [6.45, 7) is 0. The lowest BCUT2D eigenvalue weighted by atomic mass is 10.2. The molecule has 0 saturated heterocycles. The van der Waals surface area contributed by atoms with Gasteiger partial charge in [0.25, 0.3) is 5.91 Å². The van der Waals surface area contributed by atoms with Crippen LogP contribution in [0.3, 0.4) is 0 Å². The summed E-state index contributed by atoms with van der Waals surface area (Å²) in [5, 5.41) is 12.6. The number of amides is 1. The molecular weight excluding hydrogens is 274 g/mol. The molecule has 3 aromatic rings. The zero-order valence-corrected chi connectivity index (χ0v) is 11.1. The van der Waals surface area contributed by atoms with Crippen LogP contribution in [0.25, 0.3) is 10.2 Å². The highest BCUT2D eigenvalue weighted by Crippen LogP contribution is 2.25. The summed E-state index contributed by atoms with van der Waals surface area (Å²) in [7, 11) is 0. The highest BCUT2D eigenvalue weighted by molar-refractivity contribution is 7.22. The molecule has 5 nitrogen and oxygen atoms in total. The Labute approximate surface area is 118 Å². The van der Waals surface area contributed by atoms with Gasteiger partial charge in [-0.2, -0.15) is 0 Å². The molecule has 1 heterocycles. The summed E-state index contributed by atoms with van der Waals surface area (Å²) in [5.41, 5.74) is 7.47. The lowest BCUT2D eigenvalue weighted by Crippen LogP contribution is -2.11. The van der Waals surface area contributed by atoms with Gasteiger partial charge in [-0.25, -0.2) is 4.98 Å². The SMILES string of the molecule is Nc1nc2ccc(C(=O)Nc3cccc(O)c3)cc2s1. The monoisotopic (exact) mass is 285 g/mol. The number of carbonyl (C=O) groups is 1. The molecular formula is C14H11N3O2S. The number of rotatable bonds is 2. The van der Waals surface area contributed by atoms with Crippen LogP contribution in [0, 0.1) is 0 Å². The summed E-state index contributed by atoms with van der Waals surface area (Å²) in [6, 6.07) is 11.6. The maximum absolute atomic E-state index is 12.1. The fraction of sp³-hybridized carbons (Fsp3) is 0. The predicted molar refractivity (Wildman–Crippen MR) is 80.1 cm³/mol. The van der Waals surface area contributed by atoms with Crippen molar-refractivity contribution in [1.82, 2.24) is 4.98 Å². The molecule has 0 unspecified atom stereocenters. The van der Waals surface area contributed by atoms with E-state index in [1.165, 1.54) is 17.4 Å². The van der Waals surface area contributed by atoms with E-state index in [0.29, 0.717) is 16.4 Å². The molecule has 1 aromatic heterocycles. The number of carbonyl (C=O) groups excluding carboxylic acids is 1. The largest absolute Gasteiger partial charge is 0.508 e. The van der Waals surface area contributed by atoms with Crippen molar-refractivity contribution in [1.29, 1.82) is 0 Å². The maximum Gasteiger partial charge on any atom is 0.255 e. The van der Waals surface area contributed by atoms with Crippen molar-refractivity contribution in [3.05, 3.63) is 48.0 Å². The molecule has 100 valence electrons. The van der Waals surface area contributed by atoms with Crippen molar-refractivity contribution in [2.45, 2.75) is 0 Å². The Morgan fingerprint density at radius 1 is 1.25 bits per heavy atom. The molecule has 0 fully saturated rings. The molecule has 1 amide bonds. The van der Waals surface area contributed by atoms with Gasteiger partial charge >= 0.3 is 0 Å². The van der Waals surface area contributed by atoms with Crippen molar-refractivity contribution in [2.24, 2.45) is 0 Å². The van der Waals surface area contributed by atoms with E-state index in [9.17, 15) is 9.90 Å². The number of hydrogen-bond acceptors (Lipinski definition) is 5. The summed E-state index contributed by atoms with van der Waals surface area (Å²) in [5.74, 6) is -0.141. The van der Waals surface area contributed by atoms with E-state index in [0.717, 1.165) is 10.2 Å². The Bertz CT molecular complexity index is 798. The van der Waals surface area contributed by atoms with Crippen LogP contribution >= 0.6 is 11.3 Å². The van der Waals surface area contributed by atoms with E-state index < -0.39 is 0 Å². The van der Waals surface area contributed by atoms with Crippen molar-refractivity contribution >= 4 is 38.3 Å². The Morgan fingerprint density at radius 2 is 2.10 bits per heavy atom. The molecule has 2 aromatic carbocycles. The Balaban J connectivity index is 1.88. The van der Waals surface area contributed by atoms with Crippen LogP contribution in [0.1, 0.15) is 10.4 Å². The van der Waals surface area contributed by atoms with E-state index >= 15 is 0 Å². The van der Waals surface area contributed by atoms with Gasteiger partial charge in [0.05, 0.1) is 10.2 Å². The number of anilines is 2. The molecule has 0 atom stereocenters. The van der Waals surface area contributed by atoms with Crippen molar-refractivity contribution in [2.75, 3.05) is 11.1 Å². The van der Waals surface area contributed by atoms with Gasteiger partial charge < -0.3 is 16.2 Å². The van der Waals surface area contributed by atoms with Crippen LogP contribution < -0.4 is 11.1 Å². The van der Waals surface area contributed by atoms with Gasteiger partial charge in [-0.1, -0.05) is 17.4 Å².